The lowest BCUT2D eigenvalue weighted by Gasteiger charge is -2.43. The van der Waals surface area contributed by atoms with Crippen molar-refractivity contribution in [2.45, 2.75) is 57.1 Å². The maximum absolute atomic E-state index is 11.9. The molecule has 4 nitrogen and oxygen atoms in total. The predicted octanol–water partition coefficient (Wildman–Crippen LogP) is 1.29. The Hall–Kier alpha value is -0.610. The van der Waals surface area contributed by atoms with Gasteiger partial charge in [0.05, 0.1) is 5.60 Å². The van der Waals surface area contributed by atoms with E-state index < -0.39 is 0 Å². The van der Waals surface area contributed by atoms with Crippen LogP contribution < -0.4 is 5.73 Å². The molecule has 4 heteroatoms. The Bertz CT molecular complexity index is 277. The van der Waals surface area contributed by atoms with Crippen molar-refractivity contribution in [3.63, 3.8) is 0 Å². The van der Waals surface area contributed by atoms with Gasteiger partial charge < -0.3 is 15.4 Å². The third kappa shape index (κ3) is 2.99. The van der Waals surface area contributed by atoms with Crippen LogP contribution in [0.25, 0.3) is 0 Å². The standard InChI is InChI=1S/C13H24N2O2/c1-13(7-4-8-14)10-15(12(16)9-17-13)11-5-2-3-6-11/h11H,2-10,14H2,1H3. The van der Waals surface area contributed by atoms with E-state index in [1.165, 1.54) is 25.7 Å². The number of nitrogens with zero attached hydrogens (tertiary/aromatic N) is 1. The minimum Gasteiger partial charge on any atom is -0.364 e. The van der Waals surface area contributed by atoms with E-state index in [9.17, 15) is 4.79 Å². The van der Waals surface area contributed by atoms with E-state index >= 15 is 0 Å². The van der Waals surface area contributed by atoms with E-state index in [4.69, 9.17) is 10.5 Å². The molecule has 2 rings (SSSR count). The molecule has 2 aliphatic rings. The van der Waals surface area contributed by atoms with E-state index in [-0.39, 0.29) is 18.1 Å². The lowest BCUT2D eigenvalue weighted by molar-refractivity contribution is -0.166. The zero-order valence-electron chi connectivity index (χ0n) is 10.8. The third-order valence-electron chi connectivity index (χ3n) is 4.04. The monoisotopic (exact) mass is 240 g/mol. The summed E-state index contributed by atoms with van der Waals surface area (Å²) in [6, 6.07) is 0.462. The van der Waals surface area contributed by atoms with Crippen molar-refractivity contribution < 1.29 is 9.53 Å². The van der Waals surface area contributed by atoms with E-state index in [2.05, 4.69) is 11.8 Å². The van der Waals surface area contributed by atoms with Gasteiger partial charge in [0.1, 0.15) is 6.61 Å². The summed E-state index contributed by atoms with van der Waals surface area (Å²) in [7, 11) is 0. The average molecular weight is 240 g/mol. The van der Waals surface area contributed by atoms with Crippen LogP contribution in [0.5, 0.6) is 0 Å². The second kappa shape index (κ2) is 5.36. The number of amides is 1. The summed E-state index contributed by atoms with van der Waals surface area (Å²) >= 11 is 0. The molecule has 0 spiro atoms. The van der Waals surface area contributed by atoms with Gasteiger partial charge in [-0.3, -0.25) is 4.79 Å². The van der Waals surface area contributed by atoms with Gasteiger partial charge in [0.25, 0.3) is 0 Å². The van der Waals surface area contributed by atoms with Gasteiger partial charge in [-0.1, -0.05) is 12.8 Å². The van der Waals surface area contributed by atoms with Gasteiger partial charge in [-0.15, -0.1) is 0 Å². The molecular formula is C13H24N2O2. The predicted molar refractivity (Wildman–Crippen MR) is 66.6 cm³/mol. The summed E-state index contributed by atoms with van der Waals surface area (Å²) < 4.78 is 5.72. The highest BCUT2D eigenvalue weighted by atomic mass is 16.5. The fraction of sp³-hybridized carbons (Fsp3) is 0.923. The Morgan fingerprint density at radius 1 is 1.47 bits per heavy atom. The zero-order chi connectivity index (χ0) is 12.3. The lowest BCUT2D eigenvalue weighted by Crippen LogP contribution is -2.56. The van der Waals surface area contributed by atoms with Crippen LogP contribution in [0.2, 0.25) is 0 Å². The molecule has 1 aliphatic carbocycles. The van der Waals surface area contributed by atoms with E-state index in [1.54, 1.807) is 0 Å². The molecule has 0 bridgehead atoms. The zero-order valence-corrected chi connectivity index (χ0v) is 10.8. The van der Waals surface area contributed by atoms with E-state index in [1.807, 2.05) is 0 Å². The first-order valence-electron chi connectivity index (χ1n) is 6.78. The third-order valence-corrected chi connectivity index (χ3v) is 4.04. The molecule has 1 unspecified atom stereocenters. The smallest absolute Gasteiger partial charge is 0.248 e. The quantitative estimate of drug-likeness (QED) is 0.805. The number of morpholine rings is 1. The minimum atomic E-state index is -0.185. The maximum Gasteiger partial charge on any atom is 0.248 e. The first-order chi connectivity index (χ1) is 8.14. The summed E-state index contributed by atoms with van der Waals surface area (Å²) in [6.45, 7) is 3.79. The topological polar surface area (TPSA) is 55.6 Å². The number of carbonyl (C=O) groups excluding carboxylic acids is 1. The second-order valence-electron chi connectivity index (χ2n) is 5.59. The molecule has 1 saturated heterocycles. The van der Waals surface area contributed by atoms with Crippen molar-refractivity contribution in [2.24, 2.45) is 5.73 Å². The van der Waals surface area contributed by atoms with Gasteiger partial charge in [0, 0.05) is 12.6 Å². The normalized spacial score (nSPS) is 31.2. The summed E-state index contributed by atoms with van der Waals surface area (Å²) in [5, 5.41) is 0. The molecule has 0 aromatic rings. The van der Waals surface area contributed by atoms with Crippen LogP contribution in [-0.2, 0) is 9.53 Å². The average Bonchev–Trinajstić information content (AvgIpc) is 2.84. The number of hydrogen-bond acceptors (Lipinski definition) is 3. The summed E-state index contributed by atoms with van der Waals surface area (Å²) in [4.78, 5) is 14.0. The summed E-state index contributed by atoms with van der Waals surface area (Å²) in [5.41, 5.74) is 5.37. The van der Waals surface area contributed by atoms with Crippen LogP contribution >= 0.6 is 0 Å². The lowest BCUT2D eigenvalue weighted by atomic mass is 9.96. The Balaban J connectivity index is 1.97. The molecule has 1 amide bonds. The van der Waals surface area contributed by atoms with E-state index in [0.717, 1.165) is 19.4 Å². The Labute approximate surface area is 103 Å². The first kappa shape index (κ1) is 12.8. The van der Waals surface area contributed by atoms with Gasteiger partial charge in [-0.2, -0.15) is 0 Å². The molecule has 1 heterocycles. The van der Waals surface area contributed by atoms with Crippen LogP contribution in [0.3, 0.4) is 0 Å². The van der Waals surface area contributed by atoms with E-state index in [0.29, 0.717) is 12.6 Å². The first-order valence-corrected chi connectivity index (χ1v) is 6.78. The Kier molecular flexibility index (Phi) is 4.05. The summed E-state index contributed by atoms with van der Waals surface area (Å²) in [6.07, 6.45) is 6.75. The van der Waals surface area contributed by atoms with Gasteiger partial charge >= 0.3 is 0 Å². The molecule has 0 aromatic heterocycles. The molecule has 0 aromatic carbocycles. The fourth-order valence-electron chi connectivity index (χ4n) is 2.99. The number of nitrogens with two attached hydrogens (primary N) is 1. The maximum atomic E-state index is 11.9. The molecule has 1 atom stereocenters. The Morgan fingerprint density at radius 3 is 2.82 bits per heavy atom. The number of ether oxygens (including phenoxy) is 1. The van der Waals surface area contributed by atoms with Crippen molar-refractivity contribution in [1.29, 1.82) is 0 Å². The van der Waals surface area contributed by atoms with Crippen molar-refractivity contribution in [2.75, 3.05) is 19.7 Å². The highest BCUT2D eigenvalue weighted by Crippen LogP contribution is 2.30. The number of carbonyl (C=O) groups is 1. The van der Waals surface area contributed by atoms with Gasteiger partial charge in [-0.05, 0) is 39.2 Å². The van der Waals surface area contributed by atoms with Crippen molar-refractivity contribution in [3.05, 3.63) is 0 Å². The molecule has 2 fully saturated rings. The molecule has 2 N–H and O–H groups in total. The van der Waals surface area contributed by atoms with Crippen molar-refractivity contribution in [1.82, 2.24) is 4.90 Å². The van der Waals surface area contributed by atoms with Crippen LogP contribution in [0.1, 0.15) is 45.4 Å². The molecule has 0 radical (unpaired) electrons. The number of rotatable bonds is 4. The Morgan fingerprint density at radius 2 is 2.18 bits per heavy atom. The van der Waals surface area contributed by atoms with Crippen LogP contribution in [0, 0.1) is 0 Å². The molecule has 1 aliphatic heterocycles. The van der Waals surface area contributed by atoms with Gasteiger partial charge in [-0.25, -0.2) is 0 Å². The highest BCUT2D eigenvalue weighted by molar-refractivity contribution is 5.78. The molecular weight excluding hydrogens is 216 g/mol. The second-order valence-corrected chi connectivity index (χ2v) is 5.59. The van der Waals surface area contributed by atoms with Crippen LogP contribution in [0.4, 0.5) is 0 Å². The van der Waals surface area contributed by atoms with Gasteiger partial charge in [0.15, 0.2) is 0 Å². The minimum absolute atomic E-state index is 0.169. The van der Waals surface area contributed by atoms with Gasteiger partial charge in [0.2, 0.25) is 5.91 Å². The molecule has 17 heavy (non-hydrogen) atoms. The van der Waals surface area contributed by atoms with Crippen LogP contribution in [0.15, 0.2) is 0 Å². The van der Waals surface area contributed by atoms with Crippen molar-refractivity contribution >= 4 is 5.91 Å². The summed E-state index contributed by atoms with van der Waals surface area (Å²) in [5.74, 6) is 0.169. The fourth-order valence-corrected chi connectivity index (χ4v) is 2.99. The highest BCUT2D eigenvalue weighted by Gasteiger charge is 2.39. The van der Waals surface area contributed by atoms with Crippen molar-refractivity contribution in [3.8, 4) is 0 Å². The largest absolute Gasteiger partial charge is 0.364 e. The molecule has 1 saturated carbocycles. The number of hydrogen-bond donors (Lipinski definition) is 1. The molecule has 98 valence electrons. The SMILES string of the molecule is CC1(CCCN)CN(C2CCCC2)C(=O)CO1. The van der Waals surface area contributed by atoms with Crippen LogP contribution in [-0.4, -0.2) is 42.1 Å².